The predicted octanol–water partition coefficient (Wildman–Crippen LogP) is 5.78. The van der Waals surface area contributed by atoms with Crippen LogP contribution < -0.4 is 9.62 Å². The Kier molecular flexibility index (Phi) is 10.3. The van der Waals surface area contributed by atoms with Gasteiger partial charge in [-0.1, -0.05) is 69.1 Å². The first-order valence-electron chi connectivity index (χ1n) is 12.5. The third-order valence-electron chi connectivity index (χ3n) is 5.94. The van der Waals surface area contributed by atoms with E-state index in [4.69, 9.17) is 23.2 Å². The number of halogens is 2. The molecule has 2 amide bonds. The van der Waals surface area contributed by atoms with Crippen LogP contribution in [0.5, 0.6) is 0 Å². The highest BCUT2D eigenvalue weighted by atomic mass is 35.5. The van der Waals surface area contributed by atoms with E-state index in [-0.39, 0.29) is 17.9 Å². The SMILES string of the molecule is CC[C@@H](C(=O)NC(C)(C)C)N(Cc1ccc(Cl)cc1Cl)C(=O)CN(c1ccc(C(C)(C)C)cc1)S(C)(=O)=O. The largest absolute Gasteiger partial charge is 0.350 e. The van der Waals surface area contributed by atoms with Gasteiger partial charge >= 0.3 is 0 Å². The van der Waals surface area contributed by atoms with E-state index in [0.29, 0.717) is 27.7 Å². The van der Waals surface area contributed by atoms with Crippen molar-refractivity contribution in [2.45, 2.75) is 78.4 Å². The summed E-state index contributed by atoms with van der Waals surface area (Å²) >= 11 is 12.5. The normalized spacial score (nSPS) is 13.1. The van der Waals surface area contributed by atoms with Crippen LogP contribution in [0.3, 0.4) is 0 Å². The molecule has 1 atom stereocenters. The molecular weight excluding hydrogens is 545 g/mol. The molecule has 38 heavy (non-hydrogen) atoms. The van der Waals surface area contributed by atoms with Gasteiger partial charge in [0, 0.05) is 22.1 Å². The van der Waals surface area contributed by atoms with E-state index in [9.17, 15) is 18.0 Å². The molecule has 0 aliphatic carbocycles. The number of hydrogen-bond donors (Lipinski definition) is 1. The summed E-state index contributed by atoms with van der Waals surface area (Å²) < 4.78 is 26.7. The average Bonchev–Trinajstić information content (AvgIpc) is 2.76. The van der Waals surface area contributed by atoms with Crippen LogP contribution >= 0.6 is 23.2 Å². The van der Waals surface area contributed by atoms with E-state index in [2.05, 4.69) is 26.1 Å². The quantitative estimate of drug-likeness (QED) is 0.405. The van der Waals surface area contributed by atoms with Gasteiger partial charge in [0.1, 0.15) is 12.6 Å². The Hall–Kier alpha value is -2.29. The molecule has 2 rings (SSSR count). The number of anilines is 1. The van der Waals surface area contributed by atoms with Crippen molar-refractivity contribution in [1.29, 1.82) is 0 Å². The van der Waals surface area contributed by atoms with Crippen LogP contribution in [0, 0.1) is 0 Å². The van der Waals surface area contributed by atoms with Gasteiger partial charge in [-0.2, -0.15) is 0 Å². The molecule has 0 fully saturated rings. The molecule has 0 radical (unpaired) electrons. The van der Waals surface area contributed by atoms with Crippen LogP contribution in [0.25, 0.3) is 0 Å². The number of rotatable bonds is 9. The number of benzene rings is 2. The van der Waals surface area contributed by atoms with Gasteiger partial charge < -0.3 is 10.2 Å². The van der Waals surface area contributed by atoms with Gasteiger partial charge in [0.2, 0.25) is 21.8 Å². The summed E-state index contributed by atoms with van der Waals surface area (Å²) in [7, 11) is -3.82. The van der Waals surface area contributed by atoms with E-state index < -0.39 is 34.1 Å². The Morgan fingerprint density at radius 3 is 2.00 bits per heavy atom. The van der Waals surface area contributed by atoms with Crippen LogP contribution in [0.15, 0.2) is 42.5 Å². The minimum Gasteiger partial charge on any atom is -0.350 e. The van der Waals surface area contributed by atoms with E-state index >= 15 is 0 Å². The summed E-state index contributed by atoms with van der Waals surface area (Å²) in [6.45, 7) is 13.1. The fraction of sp³-hybridized carbons (Fsp3) is 0.500. The Morgan fingerprint density at radius 1 is 0.974 bits per heavy atom. The maximum Gasteiger partial charge on any atom is 0.244 e. The van der Waals surface area contributed by atoms with E-state index in [1.807, 2.05) is 32.9 Å². The Bertz CT molecular complexity index is 1250. The lowest BCUT2D eigenvalue weighted by molar-refractivity contribution is -0.141. The molecule has 0 aliphatic heterocycles. The lowest BCUT2D eigenvalue weighted by atomic mass is 9.87. The van der Waals surface area contributed by atoms with Gasteiger partial charge in [-0.25, -0.2) is 8.42 Å². The molecule has 0 spiro atoms. The van der Waals surface area contributed by atoms with Crippen LogP contribution in [-0.4, -0.2) is 49.5 Å². The first kappa shape index (κ1) is 31.9. The van der Waals surface area contributed by atoms with Crippen LogP contribution in [0.2, 0.25) is 10.0 Å². The first-order valence-corrected chi connectivity index (χ1v) is 15.1. The van der Waals surface area contributed by atoms with Crippen molar-refractivity contribution in [3.63, 3.8) is 0 Å². The van der Waals surface area contributed by atoms with Crippen molar-refractivity contribution < 1.29 is 18.0 Å². The Balaban J connectivity index is 2.50. The zero-order valence-electron chi connectivity index (χ0n) is 23.4. The lowest BCUT2D eigenvalue weighted by Crippen LogP contribution is -2.55. The summed E-state index contributed by atoms with van der Waals surface area (Å²) in [6.07, 6.45) is 1.37. The summed E-state index contributed by atoms with van der Waals surface area (Å²) in [5.74, 6) is -0.865. The topological polar surface area (TPSA) is 86.8 Å². The number of hydrogen-bond acceptors (Lipinski definition) is 4. The molecule has 210 valence electrons. The molecule has 0 bridgehead atoms. The third-order valence-corrected chi connectivity index (χ3v) is 7.67. The second-order valence-corrected chi connectivity index (χ2v) is 14.2. The van der Waals surface area contributed by atoms with Crippen LogP contribution in [0.4, 0.5) is 5.69 Å². The first-order chi connectivity index (χ1) is 17.3. The molecule has 0 saturated carbocycles. The number of nitrogens with one attached hydrogen (secondary N) is 1. The monoisotopic (exact) mass is 583 g/mol. The summed E-state index contributed by atoms with van der Waals surface area (Å²) in [5.41, 5.74) is 1.35. The highest BCUT2D eigenvalue weighted by molar-refractivity contribution is 7.92. The molecule has 10 heteroatoms. The van der Waals surface area contributed by atoms with E-state index in [1.54, 1.807) is 37.3 Å². The summed E-state index contributed by atoms with van der Waals surface area (Å²) in [4.78, 5) is 28.5. The number of carbonyl (C=O) groups excluding carboxylic acids is 2. The number of amides is 2. The van der Waals surface area contributed by atoms with Crippen LogP contribution in [0.1, 0.15) is 66.0 Å². The second-order valence-electron chi connectivity index (χ2n) is 11.5. The van der Waals surface area contributed by atoms with E-state index in [1.165, 1.54) is 4.90 Å². The molecule has 0 unspecified atom stereocenters. The highest BCUT2D eigenvalue weighted by Gasteiger charge is 2.33. The van der Waals surface area contributed by atoms with Crippen LogP contribution in [-0.2, 0) is 31.6 Å². The third kappa shape index (κ3) is 8.89. The minimum atomic E-state index is -3.82. The smallest absolute Gasteiger partial charge is 0.244 e. The van der Waals surface area contributed by atoms with Crippen molar-refractivity contribution in [3.8, 4) is 0 Å². The molecule has 0 aromatic heterocycles. The van der Waals surface area contributed by atoms with Gasteiger partial charge in [0.05, 0.1) is 11.9 Å². The Labute approximate surface area is 237 Å². The maximum atomic E-state index is 13.8. The molecule has 0 aliphatic rings. The molecule has 0 heterocycles. The fourth-order valence-corrected chi connectivity index (χ4v) is 5.27. The van der Waals surface area contributed by atoms with Gasteiger partial charge in [0.15, 0.2) is 0 Å². The van der Waals surface area contributed by atoms with Crippen molar-refractivity contribution >= 4 is 50.7 Å². The lowest BCUT2D eigenvalue weighted by Gasteiger charge is -2.34. The number of sulfonamides is 1. The number of carbonyl (C=O) groups is 2. The van der Waals surface area contributed by atoms with Gasteiger partial charge in [0.25, 0.3) is 0 Å². The molecule has 1 N–H and O–H groups in total. The van der Waals surface area contributed by atoms with Gasteiger partial charge in [-0.05, 0) is 68.0 Å². The predicted molar refractivity (Wildman–Crippen MR) is 156 cm³/mol. The Morgan fingerprint density at radius 2 is 1.55 bits per heavy atom. The second kappa shape index (κ2) is 12.3. The van der Waals surface area contributed by atoms with Gasteiger partial charge in [-0.3, -0.25) is 13.9 Å². The highest BCUT2D eigenvalue weighted by Crippen LogP contribution is 2.27. The molecular formula is C28H39Cl2N3O4S. The zero-order valence-corrected chi connectivity index (χ0v) is 25.8. The molecule has 2 aromatic rings. The molecule has 2 aromatic carbocycles. The van der Waals surface area contributed by atoms with Crippen molar-refractivity contribution in [3.05, 3.63) is 63.6 Å². The summed E-state index contributed by atoms with van der Waals surface area (Å²) in [6, 6.07) is 11.2. The molecule has 0 saturated heterocycles. The van der Waals surface area contributed by atoms with Crippen molar-refractivity contribution in [2.75, 3.05) is 17.1 Å². The van der Waals surface area contributed by atoms with Crippen molar-refractivity contribution in [2.24, 2.45) is 0 Å². The van der Waals surface area contributed by atoms with E-state index in [0.717, 1.165) is 16.1 Å². The zero-order chi connectivity index (χ0) is 29.1. The maximum absolute atomic E-state index is 13.8. The number of nitrogens with zero attached hydrogens (tertiary/aromatic N) is 2. The van der Waals surface area contributed by atoms with Gasteiger partial charge in [-0.15, -0.1) is 0 Å². The van der Waals surface area contributed by atoms with Crippen molar-refractivity contribution in [1.82, 2.24) is 10.2 Å². The fourth-order valence-electron chi connectivity index (χ4n) is 3.95. The standard InChI is InChI=1S/C28H39Cl2N3O4S/c1-9-24(26(35)31-28(5,6)7)32(17-19-10-13-21(29)16-23(19)30)25(34)18-33(38(8,36)37)22-14-11-20(12-15-22)27(2,3)4/h10-16,24H,9,17-18H2,1-8H3,(H,31,35)/t24-/m0/s1. The summed E-state index contributed by atoms with van der Waals surface area (Å²) in [5, 5.41) is 3.72. The molecule has 7 nitrogen and oxygen atoms in total. The average molecular weight is 585 g/mol. The minimum absolute atomic E-state index is 0.00543.